The zero-order valence-electron chi connectivity index (χ0n) is 7.61. The number of fused-ring (bicyclic) bond motifs is 1. The zero-order chi connectivity index (χ0) is 9.42. The van der Waals surface area contributed by atoms with Gasteiger partial charge >= 0.3 is 0 Å². The molecule has 0 aromatic carbocycles. The predicted molar refractivity (Wildman–Crippen MR) is 50.3 cm³/mol. The first kappa shape index (κ1) is 8.04. The summed E-state index contributed by atoms with van der Waals surface area (Å²) < 4.78 is 5.41. The Kier molecular flexibility index (Phi) is 1.69. The number of nitrogens with two attached hydrogens (primary N) is 1. The molecule has 0 aliphatic heterocycles. The Labute approximate surface area is 75.8 Å². The monoisotopic (exact) mass is 177 g/mol. The highest BCUT2D eigenvalue weighted by Gasteiger charge is 2.09. The van der Waals surface area contributed by atoms with E-state index in [9.17, 15) is 0 Å². The van der Waals surface area contributed by atoms with Gasteiger partial charge in [0.05, 0.1) is 0 Å². The first-order valence-electron chi connectivity index (χ1n) is 4.20. The van der Waals surface area contributed by atoms with E-state index in [4.69, 9.17) is 10.2 Å². The molecular weight excluding hydrogens is 166 g/mol. The summed E-state index contributed by atoms with van der Waals surface area (Å²) in [5.41, 5.74) is 6.79. The summed E-state index contributed by atoms with van der Waals surface area (Å²) in [4.78, 5) is 8.30. The molecule has 0 unspecified atom stereocenters. The fraction of sp³-hybridized carbons (Fsp3) is 0.333. The van der Waals surface area contributed by atoms with Gasteiger partial charge < -0.3 is 10.2 Å². The number of hydrogen-bond donors (Lipinski definition) is 1. The molecule has 0 aliphatic carbocycles. The molecule has 0 radical (unpaired) electrons. The number of anilines is 1. The van der Waals surface area contributed by atoms with E-state index in [1.807, 2.05) is 19.9 Å². The fourth-order valence-corrected chi connectivity index (χ4v) is 1.10. The van der Waals surface area contributed by atoms with Gasteiger partial charge in [0.25, 0.3) is 0 Å². The molecule has 0 saturated heterocycles. The third-order valence-corrected chi connectivity index (χ3v) is 1.79. The van der Waals surface area contributed by atoms with Gasteiger partial charge in [-0.05, 0) is 12.1 Å². The van der Waals surface area contributed by atoms with Gasteiger partial charge in [0, 0.05) is 5.92 Å². The van der Waals surface area contributed by atoms with Crippen LogP contribution in [0.5, 0.6) is 0 Å². The Morgan fingerprint density at radius 3 is 2.77 bits per heavy atom. The number of hydrogen-bond acceptors (Lipinski definition) is 4. The molecule has 2 rings (SSSR count). The van der Waals surface area contributed by atoms with Crippen molar-refractivity contribution in [2.75, 3.05) is 5.73 Å². The minimum atomic E-state index is 0.274. The van der Waals surface area contributed by atoms with Gasteiger partial charge in [-0.3, -0.25) is 0 Å². The van der Waals surface area contributed by atoms with Gasteiger partial charge in [-0.25, -0.2) is 4.98 Å². The van der Waals surface area contributed by atoms with Crippen molar-refractivity contribution in [3.8, 4) is 0 Å². The van der Waals surface area contributed by atoms with Gasteiger partial charge in [-0.1, -0.05) is 13.8 Å². The Hall–Kier alpha value is -1.58. The van der Waals surface area contributed by atoms with Gasteiger partial charge in [0.15, 0.2) is 5.89 Å². The summed E-state index contributed by atoms with van der Waals surface area (Å²) in [5.74, 6) is 1.43. The van der Waals surface area contributed by atoms with Crippen molar-refractivity contribution in [2.24, 2.45) is 0 Å². The molecule has 0 spiro atoms. The standard InChI is InChI=1S/C9H11N3O/c1-5(2)8-11-6-3-4-7(10)12-9(6)13-8/h3-5H,1-2H3,(H2,10,12). The molecule has 2 aromatic heterocycles. The second-order valence-electron chi connectivity index (χ2n) is 3.27. The molecule has 2 heterocycles. The van der Waals surface area contributed by atoms with Crippen LogP contribution >= 0.6 is 0 Å². The molecule has 0 aliphatic rings. The molecule has 0 atom stereocenters. The lowest BCUT2D eigenvalue weighted by Crippen LogP contribution is -1.87. The maximum atomic E-state index is 5.51. The lowest BCUT2D eigenvalue weighted by molar-refractivity contribution is 0.495. The van der Waals surface area contributed by atoms with Gasteiger partial charge in [-0.2, -0.15) is 4.98 Å². The van der Waals surface area contributed by atoms with Crippen LogP contribution in [0, 0.1) is 0 Å². The minimum Gasteiger partial charge on any atom is -0.422 e. The molecular formula is C9H11N3O. The maximum absolute atomic E-state index is 5.51. The minimum absolute atomic E-state index is 0.274. The molecule has 0 bridgehead atoms. The lowest BCUT2D eigenvalue weighted by Gasteiger charge is -1.93. The quantitative estimate of drug-likeness (QED) is 0.722. The van der Waals surface area contributed by atoms with E-state index in [1.54, 1.807) is 6.07 Å². The van der Waals surface area contributed by atoms with Crippen LogP contribution in [0.2, 0.25) is 0 Å². The van der Waals surface area contributed by atoms with Crippen LogP contribution in [0.15, 0.2) is 16.5 Å². The van der Waals surface area contributed by atoms with Crippen molar-refractivity contribution < 1.29 is 4.42 Å². The van der Waals surface area contributed by atoms with Crippen molar-refractivity contribution in [1.29, 1.82) is 0 Å². The number of pyridine rings is 1. The topological polar surface area (TPSA) is 64.9 Å². The normalized spacial score (nSPS) is 11.3. The number of oxazole rings is 1. The molecule has 2 N–H and O–H groups in total. The summed E-state index contributed by atoms with van der Waals surface area (Å²) in [6.07, 6.45) is 0. The van der Waals surface area contributed by atoms with E-state index < -0.39 is 0 Å². The smallest absolute Gasteiger partial charge is 0.248 e. The molecule has 13 heavy (non-hydrogen) atoms. The second-order valence-corrected chi connectivity index (χ2v) is 3.27. The van der Waals surface area contributed by atoms with Crippen molar-refractivity contribution in [3.63, 3.8) is 0 Å². The molecule has 68 valence electrons. The second kappa shape index (κ2) is 2.73. The molecule has 0 fully saturated rings. The average molecular weight is 177 g/mol. The molecule has 4 heteroatoms. The SMILES string of the molecule is CC(C)c1nc2ccc(N)nc2o1. The summed E-state index contributed by atoms with van der Waals surface area (Å²) in [6, 6.07) is 3.53. The van der Waals surface area contributed by atoms with E-state index in [0.29, 0.717) is 17.4 Å². The Morgan fingerprint density at radius 2 is 2.08 bits per heavy atom. The first-order valence-corrected chi connectivity index (χ1v) is 4.20. The summed E-state index contributed by atoms with van der Waals surface area (Å²) in [7, 11) is 0. The van der Waals surface area contributed by atoms with Crippen LogP contribution in [0.4, 0.5) is 5.82 Å². The van der Waals surface area contributed by atoms with Crippen molar-refractivity contribution in [1.82, 2.24) is 9.97 Å². The molecule has 2 aromatic rings. The number of nitrogens with zero attached hydrogens (tertiary/aromatic N) is 2. The van der Waals surface area contributed by atoms with Gasteiger partial charge in [0.1, 0.15) is 11.3 Å². The third kappa shape index (κ3) is 1.35. The third-order valence-electron chi connectivity index (χ3n) is 1.79. The Bertz CT molecular complexity index is 433. The van der Waals surface area contributed by atoms with E-state index in [2.05, 4.69) is 9.97 Å². The highest BCUT2D eigenvalue weighted by molar-refractivity contribution is 5.70. The fourth-order valence-electron chi connectivity index (χ4n) is 1.10. The van der Waals surface area contributed by atoms with Crippen LogP contribution < -0.4 is 5.73 Å². The average Bonchev–Trinajstić information content (AvgIpc) is 2.46. The summed E-state index contributed by atoms with van der Waals surface area (Å²) in [6.45, 7) is 4.04. The number of nitrogen functional groups attached to an aromatic ring is 1. The largest absolute Gasteiger partial charge is 0.422 e. The molecule has 4 nitrogen and oxygen atoms in total. The zero-order valence-corrected chi connectivity index (χ0v) is 7.61. The predicted octanol–water partition coefficient (Wildman–Crippen LogP) is 1.93. The van der Waals surface area contributed by atoms with Crippen molar-refractivity contribution in [3.05, 3.63) is 18.0 Å². The Balaban J connectivity index is 2.62. The van der Waals surface area contributed by atoms with E-state index in [1.165, 1.54) is 0 Å². The van der Waals surface area contributed by atoms with Gasteiger partial charge in [0.2, 0.25) is 5.71 Å². The molecule has 0 saturated carbocycles. The Morgan fingerprint density at radius 1 is 1.31 bits per heavy atom. The van der Waals surface area contributed by atoms with Crippen LogP contribution in [0.1, 0.15) is 25.7 Å². The molecule has 0 amide bonds. The van der Waals surface area contributed by atoms with Crippen LogP contribution in [0.3, 0.4) is 0 Å². The van der Waals surface area contributed by atoms with Crippen molar-refractivity contribution >= 4 is 17.0 Å². The van der Waals surface area contributed by atoms with Crippen LogP contribution in [-0.4, -0.2) is 9.97 Å². The van der Waals surface area contributed by atoms with Gasteiger partial charge in [-0.15, -0.1) is 0 Å². The lowest BCUT2D eigenvalue weighted by atomic mass is 10.2. The highest BCUT2D eigenvalue weighted by atomic mass is 16.4. The summed E-state index contributed by atoms with van der Waals surface area (Å²) in [5, 5.41) is 0. The van der Waals surface area contributed by atoms with E-state index in [0.717, 1.165) is 5.52 Å². The van der Waals surface area contributed by atoms with Crippen LogP contribution in [0.25, 0.3) is 11.2 Å². The van der Waals surface area contributed by atoms with Crippen LogP contribution in [-0.2, 0) is 0 Å². The first-order chi connectivity index (χ1) is 6.16. The van der Waals surface area contributed by atoms with E-state index in [-0.39, 0.29) is 5.92 Å². The number of aromatic nitrogens is 2. The number of rotatable bonds is 1. The van der Waals surface area contributed by atoms with Crippen molar-refractivity contribution in [2.45, 2.75) is 19.8 Å². The summed E-state index contributed by atoms with van der Waals surface area (Å²) >= 11 is 0. The highest BCUT2D eigenvalue weighted by Crippen LogP contribution is 2.19. The maximum Gasteiger partial charge on any atom is 0.248 e. The van der Waals surface area contributed by atoms with E-state index >= 15 is 0 Å².